The first kappa shape index (κ1) is 15.0. The first-order chi connectivity index (χ1) is 11.8. The van der Waals surface area contributed by atoms with E-state index in [2.05, 4.69) is 16.2 Å². The summed E-state index contributed by atoms with van der Waals surface area (Å²) >= 11 is 0. The average Bonchev–Trinajstić information content (AvgIpc) is 2.91. The van der Waals surface area contributed by atoms with E-state index in [9.17, 15) is 10.4 Å². The van der Waals surface area contributed by atoms with Gasteiger partial charge in [0.2, 0.25) is 5.60 Å². The van der Waals surface area contributed by atoms with Gasteiger partial charge in [0.15, 0.2) is 11.6 Å². The number of nitrogens with zero attached hydrogens (tertiary/aromatic N) is 4. The Morgan fingerprint density at radius 2 is 2.08 bits per heavy atom. The minimum absolute atomic E-state index is 0.300. The number of nitrogen functional groups attached to an aromatic ring is 1. The summed E-state index contributed by atoms with van der Waals surface area (Å²) in [5.41, 5.74) is 4.55. The lowest BCUT2D eigenvalue weighted by Gasteiger charge is -2.29. The minimum Gasteiger partial charge on any atom is -0.390 e. The van der Waals surface area contributed by atoms with Crippen LogP contribution in [0.1, 0.15) is 26.0 Å². The molecule has 0 bridgehead atoms. The molecule has 1 unspecified atom stereocenters. The molecule has 1 aliphatic carbocycles. The van der Waals surface area contributed by atoms with E-state index in [1.807, 2.05) is 0 Å². The fourth-order valence-electron chi connectivity index (χ4n) is 4.07. The van der Waals surface area contributed by atoms with Crippen LogP contribution in [-0.2, 0) is 19.8 Å². The number of nitriles is 1. The van der Waals surface area contributed by atoms with E-state index >= 15 is 0 Å². The molecule has 130 valence electrons. The number of aliphatic hydroxyl groups excluding tert-OH is 1. The van der Waals surface area contributed by atoms with E-state index in [0.717, 1.165) is 0 Å². The lowest BCUT2D eigenvalue weighted by atomic mass is 9.92. The molecular formula is C16H17N5O4. The van der Waals surface area contributed by atoms with Gasteiger partial charge in [0.05, 0.1) is 11.8 Å². The fraction of sp³-hybridized carbons (Fsp3) is 0.562. The molecule has 4 heterocycles. The number of anilines is 1. The van der Waals surface area contributed by atoms with Crippen molar-refractivity contribution in [3.63, 3.8) is 0 Å². The highest BCUT2D eigenvalue weighted by Gasteiger charge is 2.79. The summed E-state index contributed by atoms with van der Waals surface area (Å²) in [5, 5.41) is 24.5. The fourth-order valence-corrected chi connectivity index (χ4v) is 4.07. The van der Waals surface area contributed by atoms with Gasteiger partial charge >= 0.3 is 0 Å². The van der Waals surface area contributed by atoms with Gasteiger partial charge < -0.3 is 25.1 Å². The SMILES string of the molecule is CC1(C)O[C@@H]2[C@H](O1)C1(C[C@H]1O)O[C@@]2(C#N)c1ccc2c(N)ncnn12. The predicted octanol–water partition coefficient (Wildman–Crippen LogP) is 0.0841. The molecule has 5 rings (SSSR count). The van der Waals surface area contributed by atoms with Gasteiger partial charge in [-0.1, -0.05) is 0 Å². The number of rotatable bonds is 1. The molecule has 2 aliphatic heterocycles. The highest BCUT2D eigenvalue weighted by atomic mass is 16.8. The quantitative estimate of drug-likeness (QED) is 0.745. The van der Waals surface area contributed by atoms with Gasteiger partial charge in [-0.3, -0.25) is 0 Å². The number of ether oxygens (including phenoxy) is 3. The molecule has 2 aromatic heterocycles. The van der Waals surface area contributed by atoms with E-state index in [1.165, 1.54) is 10.8 Å². The highest BCUT2D eigenvalue weighted by molar-refractivity contribution is 5.66. The van der Waals surface area contributed by atoms with Crippen LogP contribution in [0, 0.1) is 11.3 Å². The van der Waals surface area contributed by atoms with Crippen LogP contribution in [-0.4, -0.2) is 49.4 Å². The van der Waals surface area contributed by atoms with E-state index in [-0.39, 0.29) is 0 Å². The topological polar surface area (TPSA) is 128 Å². The summed E-state index contributed by atoms with van der Waals surface area (Å²) in [7, 11) is 0. The zero-order chi connectivity index (χ0) is 17.6. The second-order valence-corrected chi connectivity index (χ2v) is 7.26. The predicted molar refractivity (Wildman–Crippen MR) is 83.0 cm³/mol. The molecule has 0 radical (unpaired) electrons. The van der Waals surface area contributed by atoms with Gasteiger partial charge in [0.25, 0.3) is 0 Å². The normalized spacial score (nSPS) is 41.1. The van der Waals surface area contributed by atoms with Crippen molar-refractivity contribution in [2.24, 2.45) is 0 Å². The summed E-state index contributed by atoms with van der Waals surface area (Å²) < 4.78 is 19.7. The Morgan fingerprint density at radius 1 is 1.36 bits per heavy atom. The van der Waals surface area contributed by atoms with Crippen LogP contribution in [0.15, 0.2) is 18.5 Å². The number of fused-ring (bicyclic) bond motifs is 3. The van der Waals surface area contributed by atoms with E-state index in [1.54, 1.807) is 26.0 Å². The number of aliphatic hydroxyl groups is 1. The Balaban J connectivity index is 1.72. The maximum Gasteiger partial charge on any atom is 0.226 e. The third kappa shape index (κ3) is 1.69. The maximum atomic E-state index is 10.2. The number of hydrogen-bond acceptors (Lipinski definition) is 8. The molecule has 0 amide bonds. The van der Waals surface area contributed by atoms with Crippen molar-refractivity contribution in [1.82, 2.24) is 14.6 Å². The standard InChI is InChI=1S/C16H17N5O4/c1-14(2)23-11-12(24-14)16(6-17,25-15(11)5-10(15)22)9-4-3-8-13(18)19-7-20-21(8)9/h3-4,7,10-12,22H,5H2,1-2H3,(H2,18,19,20)/t10-,11+,12-,15?,16+/m1/s1. The monoisotopic (exact) mass is 343 g/mol. The molecule has 2 saturated heterocycles. The van der Waals surface area contributed by atoms with Gasteiger partial charge in [0.1, 0.15) is 35.7 Å². The molecule has 25 heavy (non-hydrogen) atoms. The molecule has 3 N–H and O–H groups in total. The Morgan fingerprint density at radius 3 is 2.76 bits per heavy atom. The summed E-state index contributed by atoms with van der Waals surface area (Å²) in [6, 6.07) is 5.72. The first-order valence-corrected chi connectivity index (χ1v) is 8.07. The summed E-state index contributed by atoms with van der Waals surface area (Å²) in [5.74, 6) is -0.577. The van der Waals surface area contributed by atoms with Crippen LogP contribution in [0.4, 0.5) is 5.82 Å². The third-order valence-electron chi connectivity index (χ3n) is 5.27. The van der Waals surface area contributed by atoms with Crippen molar-refractivity contribution in [1.29, 1.82) is 5.26 Å². The molecule has 0 aromatic carbocycles. The van der Waals surface area contributed by atoms with Crippen molar-refractivity contribution >= 4 is 11.3 Å². The Bertz CT molecular complexity index is 936. The Kier molecular flexibility index (Phi) is 2.58. The van der Waals surface area contributed by atoms with Crippen molar-refractivity contribution in [3.05, 3.63) is 24.2 Å². The zero-order valence-electron chi connectivity index (χ0n) is 13.7. The van der Waals surface area contributed by atoms with Gasteiger partial charge in [-0.05, 0) is 26.0 Å². The molecule has 1 saturated carbocycles. The number of nitrogens with two attached hydrogens (primary N) is 1. The molecule has 3 fully saturated rings. The van der Waals surface area contributed by atoms with E-state index < -0.39 is 35.3 Å². The summed E-state index contributed by atoms with van der Waals surface area (Å²) in [6.45, 7) is 3.57. The van der Waals surface area contributed by atoms with Gasteiger partial charge in [-0.15, -0.1) is 0 Å². The van der Waals surface area contributed by atoms with Gasteiger partial charge in [-0.25, -0.2) is 9.50 Å². The van der Waals surface area contributed by atoms with Crippen LogP contribution < -0.4 is 5.73 Å². The lowest BCUT2D eigenvalue weighted by molar-refractivity contribution is -0.210. The highest BCUT2D eigenvalue weighted by Crippen LogP contribution is 2.62. The number of hydrogen-bond donors (Lipinski definition) is 2. The summed E-state index contributed by atoms with van der Waals surface area (Å²) in [4.78, 5) is 3.96. The lowest BCUT2D eigenvalue weighted by Crippen LogP contribution is -2.40. The molecular weight excluding hydrogens is 326 g/mol. The van der Waals surface area contributed by atoms with Crippen molar-refractivity contribution in [2.75, 3.05) is 5.73 Å². The van der Waals surface area contributed by atoms with Crippen LogP contribution in [0.5, 0.6) is 0 Å². The second kappa shape index (κ2) is 4.28. The minimum atomic E-state index is -1.47. The molecule has 3 aliphatic rings. The van der Waals surface area contributed by atoms with Crippen LogP contribution >= 0.6 is 0 Å². The molecule has 2 aromatic rings. The molecule has 1 spiro atoms. The van der Waals surface area contributed by atoms with Crippen LogP contribution in [0.25, 0.3) is 5.52 Å². The van der Waals surface area contributed by atoms with Crippen molar-refractivity contribution in [2.45, 2.75) is 55.6 Å². The van der Waals surface area contributed by atoms with Crippen molar-refractivity contribution < 1.29 is 19.3 Å². The molecule has 9 heteroatoms. The Labute approximate surface area is 142 Å². The maximum absolute atomic E-state index is 10.2. The first-order valence-electron chi connectivity index (χ1n) is 8.07. The second-order valence-electron chi connectivity index (χ2n) is 7.26. The summed E-state index contributed by atoms with van der Waals surface area (Å²) in [6.07, 6.45) is -0.210. The van der Waals surface area contributed by atoms with E-state index in [4.69, 9.17) is 19.9 Å². The molecule has 9 nitrogen and oxygen atoms in total. The van der Waals surface area contributed by atoms with Crippen LogP contribution in [0.3, 0.4) is 0 Å². The van der Waals surface area contributed by atoms with Gasteiger partial charge in [0, 0.05) is 6.42 Å². The zero-order valence-corrected chi connectivity index (χ0v) is 13.7. The number of aromatic nitrogens is 3. The van der Waals surface area contributed by atoms with Crippen molar-refractivity contribution in [3.8, 4) is 6.07 Å². The Hall–Kier alpha value is -2.25. The third-order valence-corrected chi connectivity index (χ3v) is 5.27. The smallest absolute Gasteiger partial charge is 0.226 e. The van der Waals surface area contributed by atoms with E-state index in [0.29, 0.717) is 23.4 Å². The molecule has 5 atom stereocenters. The van der Waals surface area contributed by atoms with Gasteiger partial charge in [-0.2, -0.15) is 10.4 Å². The largest absolute Gasteiger partial charge is 0.390 e. The van der Waals surface area contributed by atoms with Crippen LogP contribution in [0.2, 0.25) is 0 Å². The average molecular weight is 343 g/mol.